The van der Waals surface area contributed by atoms with Gasteiger partial charge < -0.3 is 19.5 Å². The topological polar surface area (TPSA) is 44.3 Å². The zero-order chi connectivity index (χ0) is 16.7. The van der Waals surface area contributed by atoms with E-state index in [4.69, 9.17) is 14.2 Å². The number of ether oxygens (including phenoxy) is 3. The Bertz CT molecular complexity index is 604. The van der Waals surface area contributed by atoms with Crippen molar-refractivity contribution in [2.75, 3.05) is 27.6 Å². The Morgan fingerprint density at radius 3 is 1.87 bits per heavy atom. The zero-order valence-electron chi connectivity index (χ0n) is 14.1. The Balaban J connectivity index is 2.02. The number of quaternary nitrogens is 1. The summed E-state index contributed by atoms with van der Waals surface area (Å²) in [6.45, 7) is 1.78. The first-order valence-corrected chi connectivity index (χ1v) is 8.67. The van der Waals surface area contributed by atoms with Gasteiger partial charge in [-0.25, -0.2) is 0 Å². The van der Waals surface area contributed by atoms with Gasteiger partial charge in [0.25, 0.3) is 0 Å². The molecule has 0 saturated carbocycles. The van der Waals surface area contributed by atoms with Gasteiger partial charge in [-0.15, -0.1) is 11.8 Å². The van der Waals surface area contributed by atoms with E-state index in [1.54, 1.807) is 33.1 Å². The smallest absolute Gasteiger partial charge is 0.203 e. The van der Waals surface area contributed by atoms with Crippen LogP contribution in [-0.4, -0.2) is 27.6 Å². The lowest BCUT2D eigenvalue weighted by atomic mass is 10.1. The second kappa shape index (κ2) is 8.70. The van der Waals surface area contributed by atoms with Gasteiger partial charge in [-0.3, -0.25) is 0 Å². The van der Waals surface area contributed by atoms with Crippen LogP contribution in [0.3, 0.4) is 0 Å². The molecule has 0 aromatic heterocycles. The lowest BCUT2D eigenvalue weighted by molar-refractivity contribution is -0.686. The Morgan fingerprint density at radius 2 is 1.39 bits per heavy atom. The van der Waals surface area contributed by atoms with Crippen molar-refractivity contribution in [1.82, 2.24) is 0 Å². The first-order valence-electron chi connectivity index (χ1n) is 7.45. The van der Waals surface area contributed by atoms with E-state index in [0.717, 1.165) is 18.7 Å². The number of nitrogens with two attached hydrogens (primary N) is 1. The lowest BCUT2D eigenvalue weighted by Crippen LogP contribution is -2.80. The second-order valence-electron chi connectivity index (χ2n) is 5.08. The number of thioether (sulfide) groups is 1. The number of methoxy groups -OCH3 is 3. The third-order valence-corrected chi connectivity index (χ3v) is 4.39. The summed E-state index contributed by atoms with van der Waals surface area (Å²) in [6, 6.07) is 12.7. The van der Waals surface area contributed by atoms with Crippen LogP contribution in [0.5, 0.6) is 17.2 Å². The van der Waals surface area contributed by atoms with Crippen molar-refractivity contribution in [3.8, 4) is 17.2 Å². The van der Waals surface area contributed by atoms with Crippen molar-refractivity contribution in [3.05, 3.63) is 47.5 Å². The molecule has 0 atom stereocenters. The minimum Gasteiger partial charge on any atom is -0.493 e. The second-order valence-corrected chi connectivity index (χ2v) is 5.96. The molecule has 2 rings (SSSR count). The van der Waals surface area contributed by atoms with Crippen LogP contribution in [-0.2, 0) is 13.1 Å². The molecule has 0 unspecified atom stereocenters. The predicted octanol–water partition coefficient (Wildman–Crippen LogP) is 2.70. The van der Waals surface area contributed by atoms with Crippen LogP contribution in [0.2, 0.25) is 0 Å². The first kappa shape index (κ1) is 17.5. The molecule has 2 aromatic rings. The molecule has 2 N–H and O–H groups in total. The quantitative estimate of drug-likeness (QED) is 0.754. The average molecular weight is 334 g/mol. The third-order valence-electron chi connectivity index (χ3n) is 3.64. The van der Waals surface area contributed by atoms with Crippen LogP contribution in [0.1, 0.15) is 11.1 Å². The molecule has 0 fully saturated rings. The summed E-state index contributed by atoms with van der Waals surface area (Å²) in [5.41, 5.74) is 2.45. The highest BCUT2D eigenvalue weighted by molar-refractivity contribution is 7.98. The molecule has 0 spiro atoms. The van der Waals surface area contributed by atoms with E-state index in [0.29, 0.717) is 17.2 Å². The number of benzene rings is 2. The molecule has 0 amide bonds. The van der Waals surface area contributed by atoms with Crippen molar-refractivity contribution in [1.29, 1.82) is 0 Å². The maximum atomic E-state index is 5.39. The number of rotatable bonds is 8. The highest BCUT2D eigenvalue weighted by Crippen LogP contribution is 2.37. The molecule has 0 saturated heterocycles. The average Bonchev–Trinajstić information content (AvgIpc) is 2.61. The maximum Gasteiger partial charge on any atom is 0.203 e. The SMILES string of the molecule is COc1cc(C[NH2+]Cc2ccc(SC)cc2)cc(OC)c1OC. The van der Waals surface area contributed by atoms with Crippen LogP contribution in [0.25, 0.3) is 0 Å². The molecule has 0 aliphatic rings. The fraction of sp³-hybridized carbons (Fsp3) is 0.333. The van der Waals surface area contributed by atoms with Crippen LogP contribution in [0.15, 0.2) is 41.3 Å². The van der Waals surface area contributed by atoms with Gasteiger partial charge >= 0.3 is 0 Å². The minimum atomic E-state index is 0.631. The molecular formula is C18H24NO3S+. The van der Waals surface area contributed by atoms with Gasteiger partial charge in [0.1, 0.15) is 13.1 Å². The van der Waals surface area contributed by atoms with E-state index < -0.39 is 0 Å². The van der Waals surface area contributed by atoms with Crippen LogP contribution in [0.4, 0.5) is 0 Å². The zero-order valence-corrected chi connectivity index (χ0v) is 14.9. The van der Waals surface area contributed by atoms with E-state index in [1.165, 1.54) is 10.5 Å². The summed E-state index contributed by atoms with van der Waals surface area (Å²) in [4.78, 5) is 1.29. The van der Waals surface area contributed by atoms with Gasteiger partial charge in [0.15, 0.2) is 11.5 Å². The Labute approximate surface area is 142 Å². The lowest BCUT2D eigenvalue weighted by Gasteiger charge is -2.13. The molecular weight excluding hydrogens is 310 g/mol. The summed E-state index contributed by atoms with van der Waals surface area (Å²) in [5, 5.41) is 2.26. The third kappa shape index (κ3) is 4.56. The largest absolute Gasteiger partial charge is 0.493 e. The standard InChI is InChI=1S/C18H23NO3S/c1-20-16-9-14(10-17(21-2)18(16)22-3)12-19-11-13-5-7-15(23-4)8-6-13/h5-10,19H,11-12H2,1-4H3/p+1. The molecule has 0 radical (unpaired) electrons. The highest BCUT2D eigenvalue weighted by Gasteiger charge is 2.13. The van der Waals surface area contributed by atoms with E-state index in [2.05, 4.69) is 35.8 Å². The first-order chi connectivity index (χ1) is 11.2. The summed E-state index contributed by atoms with van der Waals surface area (Å²) >= 11 is 1.76. The predicted molar refractivity (Wildman–Crippen MR) is 93.7 cm³/mol. The van der Waals surface area contributed by atoms with Crippen LogP contribution >= 0.6 is 11.8 Å². The van der Waals surface area contributed by atoms with Crippen LogP contribution in [0, 0.1) is 0 Å². The van der Waals surface area contributed by atoms with Crippen molar-refractivity contribution in [3.63, 3.8) is 0 Å². The molecule has 124 valence electrons. The van der Waals surface area contributed by atoms with Gasteiger partial charge in [-0.1, -0.05) is 12.1 Å². The van der Waals surface area contributed by atoms with Crippen molar-refractivity contribution >= 4 is 11.8 Å². The van der Waals surface area contributed by atoms with Crippen molar-refractivity contribution in [2.45, 2.75) is 18.0 Å². The van der Waals surface area contributed by atoms with Crippen molar-refractivity contribution in [2.24, 2.45) is 0 Å². The van der Waals surface area contributed by atoms with E-state index >= 15 is 0 Å². The van der Waals surface area contributed by atoms with Crippen molar-refractivity contribution < 1.29 is 19.5 Å². The van der Waals surface area contributed by atoms with Gasteiger partial charge in [-0.05, 0) is 30.5 Å². The summed E-state index contributed by atoms with van der Waals surface area (Å²) < 4.78 is 16.1. The summed E-state index contributed by atoms with van der Waals surface area (Å²) in [7, 11) is 4.89. The Kier molecular flexibility index (Phi) is 6.62. The molecule has 4 nitrogen and oxygen atoms in total. The Morgan fingerprint density at radius 1 is 0.826 bits per heavy atom. The molecule has 0 heterocycles. The highest BCUT2D eigenvalue weighted by atomic mass is 32.2. The normalized spacial score (nSPS) is 10.4. The Hall–Kier alpha value is -1.85. The molecule has 0 aliphatic carbocycles. The molecule has 0 aliphatic heterocycles. The summed E-state index contributed by atoms with van der Waals surface area (Å²) in [6.07, 6.45) is 2.09. The van der Waals surface area contributed by atoms with E-state index in [1.807, 2.05) is 12.1 Å². The maximum absolute atomic E-state index is 5.39. The van der Waals surface area contributed by atoms with E-state index in [9.17, 15) is 0 Å². The minimum absolute atomic E-state index is 0.631. The molecule has 2 aromatic carbocycles. The van der Waals surface area contributed by atoms with Crippen LogP contribution < -0.4 is 19.5 Å². The summed E-state index contributed by atoms with van der Waals surface area (Å²) in [5.74, 6) is 2.02. The molecule has 0 bridgehead atoms. The fourth-order valence-electron chi connectivity index (χ4n) is 2.42. The number of hydrogen-bond donors (Lipinski definition) is 1. The van der Waals surface area contributed by atoms with E-state index in [-0.39, 0.29) is 0 Å². The monoisotopic (exact) mass is 334 g/mol. The fourth-order valence-corrected chi connectivity index (χ4v) is 2.83. The molecule has 23 heavy (non-hydrogen) atoms. The van der Waals surface area contributed by atoms with Gasteiger partial charge in [0.2, 0.25) is 5.75 Å². The van der Waals surface area contributed by atoms with Gasteiger partial charge in [0.05, 0.1) is 21.3 Å². The molecule has 5 heteroatoms. The number of hydrogen-bond acceptors (Lipinski definition) is 4. The van der Waals surface area contributed by atoms with Gasteiger partial charge in [0, 0.05) is 16.0 Å². The van der Waals surface area contributed by atoms with Gasteiger partial charge in [-0.2, -0.15) is 0 Å².